The molecule has 35 heavy (non-hydrogen) atoms. The van der Waals surface area contributed by atoms with Crippen molar-refractivity contribution < 1.29 is 34.2 Å². The molecule has 4 unspecified atom stereocenters. The summed E-state index contributed by atoms with van der Waals surface area (Å²) in [6.45, 7) is 1.88. The molecular weight excluding hydrogens is 460 g/mol. The van der Waals surface area contributed by atoms with Crippen molar-refractivity contribution in [2.45, 2.75) is 63.2 Å². The van der Waals surface area contributed by atoms with E-state index in [2.05, 4.69) is 16.0 Å². The summed E-state index contributed by atoms with van der Waals surface area (Å²) >= 11 is 0. The van der Waals surface area contributed by atoms with Crippen molar-refractivity contribution in [2.24, 2.45) is 17.2 Å². The highest BCUT2D eigenvalue weighted by Gasteiger charge is 2.29. The summed E-state index contributed by atoms with van der Waals surface area (Å²) in [4.78, 5) is 60.4. The molecule has 13 heteroatoms. The first-order chi connectivity index (χ1) is 16.4. The number of benzene rings is 1. The minimum atomic E-state index is -1.59. The third kappa shape index (κ3) is 10.8. The third-order valence-corrected chi connectivity index (χ3v) is 5.09. The lowest BCUT2D eigenvalue weighted by Crippen LogP contribution is -2.57. The predicted octanol–water partition coefficient (Wildman–Crippen LogP) is -2.17. The van der Waals surface area contributed by atoms with E-state index in [1.807, 2.05) is 0 Å². The molecule has 0 aromatic heterocycles. The van der Waals surface area contributed by atoms with Gasteiger partial charge in [-0.1, -0.05) is 18.6 Å². The lowest BCUT2D eigenvalue weighted by atomic mass is 10.0. The van der Waals surface area contributed by atoms with E-state index in [0.717, 1.165) is 0 Å². The van der Waals surface area contributed by atoms with Gasteiger partial charge in [-0.25, -0.2) is 4.79 Å². The first kappa shape index (κ1) is 29.3. The zero-order chi connectivity index (χ0) is 26.5. The van der Waals surface area contributed by atoms with E-state index in [1.54, 1.807) is 0 Å². The largest absolute Gasteiger partial charge is 0.508 e. The molecule has 0 aliphatic rings. The number of amides is 4. The number of carbonyl (C=O) groups is 5. The number of unbranched alkanes of at least 4 members (excludes halogenated alkanes) is 1. The van der Waals surface area contributed by atoms with Crippen LogP contribution in [0.1, 0.15) is 38.2 Å². The number of nitrogens with two attached hydrogens (primary N) is 3. The van der Waals surface area contributed by atoms with Crippen molar-refractivity contribution in [1.82, 2.24) is 16.0 Å². The maximum atomic E-state index is 12.8. The molecule has 0 spiro atoms. The quantitative estimate of drug-likeness (QED) is 0.123. The van der Waals surface area contributed by atoms with Crippen LogP contribution in [0, 0.1) is 0 Å². The number of hydrogen-bond acceptors (Lipinski definition) is 8. The first-order valence-electron chi connectivity index (χ1n) is 11.1. The van der Waals surface area contributed by atoms with Gasteiger partial charge >= 0.3 is 5.97 Å². The first-order valence-corrected chi connectivity index (χ1v) is 11.1. The molecule has 1 rings (SSSR count). The van der Waals surface area contributed by atoms with E-state index in [0.29, 0.717) is 31.4 Å². The zero-order valence-corrected chi connectivity index (χ0v) is 19.5. The van der Waals surface area contributed by atoms with Gasteiger partial charge in [0.25, 0.3) is 0 Å². The standard InChI is InChI=1S/C22H34N6O7/c1-12(26-20(32)15(24)4-2-3-9-23)19(31)27-16(10-13-5-7-14(29)8-6-13)21(33)28-17(22(34)35)11-18(25)30/h5-8,12,15-17,29H,2-4,9-11,23-24H2,1H3,(H2,25,30)(H,26,32)(H,27,31)(H,28,33)(H,34,35). The number of phenolic OH excluding ortho intramolecular Hbond substituents is 1. The summed E-state index contributed by atoms with van der Waals surface area (Å²) in [6.07, 6.45) is 1.03. The van der Waals surface area contributed by atoms with E-state index >= 15 is 0 Å². The van der Waals surface area contributed by atoms with Gasteiger partial charge in [0.2, 0.25) is 23.6 Å². The van der Waals surface area contributed by atoms with Crippen molar-refractivity contribution in [1.29, 1.82) is 0 Å². The molecule has 0 radical (unpaired) electrons. The summed E-state index contributed by atoms with van der Waals surface area (Å²) in [6, 6.07) is 1.05. The average molecular weight is 495 g/mol. The van der Waals surface area contributed by atoms with Crippen LogP contribution in [0.15, 0.2) is 24.3 Å². The lowest BCUT2D eigenvalue weighted by molar-refractivity contribution is -0.143. The molecule has 0 saturated heterocycles. The molecular formula is C22H34N6O7. The zero-order valence-electron chi connectivity index (χ0n) is 19.5. The van der Waals surface area contributed by atoms with Crippen LogP contribution in [-0.4, -0.2) is 70.5 Å². The van der Waals surface area contributed by atoms with Gasteiger partial charge in [-0.05, 0) is 44.0 Å². The summed E-state index contributed by atoms with van der Waals surface area (Å²) in [5.41, 5.74) is 16.8. The van der Waals surface area contributed by atoms with Crippen LogP contribution in [-0.2, 0) is 30.4 Å². The van der Waals surface area contributed by atoms with E-state index in [4.69, 9.17) is 17.2 Å². The maximum Gasteiger partial charge on any atom is 0.326 e. The number of carboxylic acid groups (broad SMARTS) is 1. The number of phenols is 1. The summed E-state index contributed by atoms with van der Waals surface area (Å²) < 4.78 is 0. The van der Waals surface area contributed by atoms with Gasteiger partial charge in [0, 0.05) is 6.42 Å². The highest BCUT2D eigenvalue weighted by molar-refractivity contribution is 5.94. The van der Waals surface area contributed by atoms with E-state index in [-0.39, 0.29) is 12.2 Å². The molecule has 4 atom stereocenters. The Morgan fingerprint density at radius 3 is 2.06 bits per heavy atom. The van der Waals surface area contributed by atoms with E-state index < -0.39 is 60.2 Å². The van der Waals surface area contributed by atoms with Crippen LogP contribution in [0.5, 0.6) is 5.75 Å². The Bertz CT molecular complexity index is 893. The van der Waals surface area contributed by atoms with Gasteiger partial charge in [0.1, 0.15) is 23.9 Å². The summed E-state index contributed by atoms with van der Waals surface area (Å²) in [5, 5.41) is 25.9. The van der Waals surface area contributed by atoms with Crippen molar-refractivity contribution in [3.05, 3.63) is 29.8 Å². The smallest absolute Gasteiger partial charge is 0.326 e. The maximum absolute atomic E-state index is 12.8. The Labute approximate surface area is 202 Å². The average Bonchev–Trinajstić information content (AvgIpc) is 2.78. The van der Waals surface area contributed by atoms with Crippen molar-refractivity contribution in [3.63, 3.8) is 0 Å². The Morgan fingerprint density at radius 1 is 0.914 bits per heavy atom. The van der Waals surface area contributed by atoms with Crippen LogP contribution in [0.4, 0.5) is 0 Å². The second kappa shape index (κ2) is 14.5. The van der Waals surface area contributed by atoms with Gasteiger partial charge in [0.05, 0.1) is 12.5 Å². The van der Waals surface area contributed by atoms with Crippen LogP contribution >= 0.6 is 0 Å². The van der Waals surface area contributed by atoms with Crippen molar-refractivity contribution in [2.75, 3.05) is 6.54 Å². The van der Waals surface area contributed by atoms with Crippen molar-refractivity contribution >= 4 is 29.6 Å². The van der Waals surface area contributed by atoms with E-state index in [1.165, 1.54) is 31.2 Å². The summed E-state index contributed by atoms with van der Waals surface area (Å²) in [7, 11) is 0. The van der Waals surface area contributed by atoms with Gasteiger partial charge in [-0.2, -0.15) is 0 Å². The highest BCUT2D eigenvalue weighted by atomic mass is 16.4. The molecule has 1 aromatic carbocycles. The number of aliphatic carboxylic acids is 1. The number of carboxylic acids is 1. The van der Waals surface area contributed by atoms with E-state index in [9.17, 15) is 34.2 Å². The monoisotopic (exact) mass is 494 g/mol. The fraction of sp³-hybridized carbons (Fsp3) is 0.500. The fourth-order valence-corrected chi connectivity index (χ4v) is 3.07. The normalized spacial score (nSPS) is 14.1. The SMILES string of the molecule is CC(NC(=O)C(N)CCCCN)C(=O)NC(Cc1ccc(O)cc1)C(=O)NC(CC(N)=O)C(=O)O. The molecule has 11 N–H and O–H groups in total. The molecule has 1 aromatic rings. The van der Waals surface area contributed by atoms with Crippen LogP contribution < -0.4 is 33.2 Å². The number of rotatable bonds is 15. The minimum Gasteiger partial charge on any atom is -0.508 e. The number of hydrogen-bond donors (Lipinski definition) is 8. The number of aromatic hydroxyl groups is 1. The number of primary amides is 1. The second-order valence-corrected chi connectivity index (χ2v) is 8.12. The van der Waals surface area contributed by atoms with Crippen LogP contribution in [0.25, 0.3) is 0 Å². The molecule has 0 aliphatic carbocycles. The molecule has 194 valence electrons. The molecule has 0 bridgehead atoms. The molecule has 0 heterocycles. The van der Waals surface area contributed by atoms with Crippen LogP contribution in [0.3, 0.4) is 0 Å². The summed E-state index contributed by atoms with van der Waals surface area (Å²) in [5.74, 6) is -4.56. The Balaban J connectivity index is 2.93. The molecule has 4 amide bonds. The Kier molecular flexibility index (Phi) is 12.2. The van der Waals surface area contributed by atoms with Gasteiger partial charge in [0.15, 0.2) is 0 Å². The fourth-order valence-electron chi connectivity index (χ4n) is 3.07. The molecule has 0 fully saturated rings. The van der Waals surface area contributed by atoms with Gasteiger partial charge in [-0.15, -0.1) is 0 Å². The number of carbonyl (C=O) groups excluding carboxylic acids is 4. The van der Waals surface area contributed by atoms with Crippen molar-refractivity contribution in [3.8, 4) is 5.75 Å². The number of nitrogens with one attached hydrogen (secondary N) is 3. The molecule has 0 aliphatic heterocycles. The third-order valence-electron chi connectivity index (χ3n) is 5.09. The van der Waals surface area contributed by atoms with Crippen LogP contribution in [0.2, 0.25) is 0 Å². The minimum absolute atomic E-state index is 0.00896. The molecule has 0 saturated carbocycles. The van der Waals surface area contributed by atoms with Gasteiger partial charge < -0.3 is 43.4 Å². The van der Waals surface area contributed by atoms with Gasteiger partial charge in [-0.3, -0.25) is 19.2 Å². The lowest BCUT2D eigenvalue weighted by Gasteiger charge is -2.23. The predicted molar refractivity (Wildman–Crippen MR) is 126 cm³/mol. The second-order valence-electron chi connectivity index (χ2n) is 8.12. The molecule has 13 nitrogen and oxygen atoms in total. The Hall–Kier alpha value is -3.71. The highest BCUT2D eigenvalue weighted by Crippen LogP contribution is 2.12. The topological polar surface area (TPSA) is 240 Å². The Morgan fingerprint density at radius 2 is 1.51 bits per heavy atom.